The molecule has 88 valence electrons. The van der Waals surface area contributed by atoms with Crippen LogP contribution in [0.3, 0.4) is 0 Å². The molecule has 2 rings (SSSR count). The van der Waals surface area contributed by atoms with Crippen molar-refractivity contribution < 1.29 is 4.74 Å². The van der Waals surface area contributed by atoms with Gasteiger partial charge in [0.25, 0.3) is 0 Å². The fourth-order valence-corrected chi connectivity index (χ4v) is 4.07. The fraction of sp³-hybridized carbons (Fsp3) is 1.00. The van der Waals surface area contributed by atoms with Gasteiger partial charge in [-0.1, -0.05) is 6.92 Å². The summed E-state index contributed by atoms with van der Waals surface area (Å²) in [6, 6.07) is 0. The lowest BCUT2D eigenvalue weighted by Crippen LogP contribution is -2.44. The van der Waals surface area contributed by atoms with Gasteiger partial charge in [0.15, 0.2) is 0 Å². The maximum atomic E-state index is 6.08. The highest BCUT2D eigenvalue weighted by Crippen LogP contribution is 2.41. The van der Waals surface area contributed by atoms with Gasteiger partial charge in [-0.25, -0.2) is 0 Å². The summed E-state index contributed by atoms with van der Waals surface area (Å²) in [5, 5.41) is 0. The number of ether oxygens (including phenoxy) is 1. The van der Waals surface area contributed by atoms with E-state index in [1.807, 2.05) is 0 Å². The minimum atomic E-state index is 0.234. The molecular formula is C12H23NOS. The standard InChI is InChI=1S/C12H23NOS/c1-10(9-13)11-2-5-14-12(8-11)3-6-15-7-4-12/h10-11H,2-9,13H2,1H3. The van der Waals surface area contributed by atoms with E-state index < -0.39 is 0 Å². The summed E-state index contributed by atoms with van der Waals surface area (Å²) in [7, 11) is 0. The lowest BCUT2D eigenvalue weighted by molar-refractivity contribution is -0.109. The smallest absolute Gasteiger partial charge is 0.0701 e. The van der Waals surface area contributed by atoms with E-state index in [0.717, 1.165) is 19.1 Å². The summed E-state index contributed by atoms with van der Waals surface area (Å²) in [5.41, 5.74) is 6.01. The molecule has 2 fully saturated rings. The number of thioether (sulfide) groups is 1. The van der Waals surface area contributed by atoms with Crippen molar-refractivity contribution in [3.05, 3.63) is 0 Å². The Morgan fingerprint density at radius 1 is 1.47 bits per heavy atom. The van der Waals surface area contributed by atoms with Gasteiger partial charge < -0.3 is 10.5 Å². The van der Waals surface area contributed by atoms with Gasteiger partial charge in [0.05, 0.1) is 5.60 Å². The zero-order valence-corrected chi connectivity index (χ0v) is 10.5. The highest BCUT2D eigenvalue weighted by molar-refractivity contribution is 7.99. The van der Waals surface area contributed by atoms with Crippen molar-refractivity contribution in [3.8, 4) is 0 Å². The van der Waals surface area contributed by atoms with Crippen molar-refractivity contribution in [3.63, 3.8) is 0 Å². The molecule has 0 aromatic carbocycles. The molecule has 0 saturated carbocycles. The molecule has 15 heavy (non-hydrogen) atoms. The van der Waals surface area contributed by atoms with Crippen LogP contribution in [0.5, 0.6) is 0 Å². The van der Waals surface area contributed by atoms with Gasteiger partial charge in [-0.3, -0.25) is 0 Å². The highest BCUT2D eigenvalue weighted by atomic mass is 32.2. The Kier molecular flexibility index (Phi) is 3.97. The second-order valence-electron chi connectivity index (χ2n) is 5.11. The highest BCUT2D eigenvalue weighted by Gasteiger charge is 2.39. The Morgan fingerprint density at radius 3 is 2.87 bits per heavy atom. The molecule has 0 aromatic heterocycles. The Morgan fingerprint density at radius 2 is 2.20 bits per heavy atom. The first-order chi connectivity index (χ1) is 7.26. The predicted octanol–water partition coefficient (Wildman–Crippen LogP) is 2.27. The van der Waals surface area contributed by atoms with E-state index in [9.17, 15) is 0 Å². The van der Waals surface area contributed by atoms with Crippen molar-refractivity contribution in [1.82, 2.24) is 0 Å². The van der Waals surface area contributed by atoms with Gasteiger partial charge in [-0.05, 0) is 55.6 Å². The van der Waals surface area contributed by atoms with Crippen LogP contribution in [0, 0.1) is 11.8 Å². The number of hydrogen-bond donors (Lipinski definition) is 1. The molecule has 2 nitrogen and oxygen atoms in total. The minimum Gasteiger partial charge on any atom is -0.375 e. The topological polar surface area (TPSA) is 35.2 Å². The molecular weight excluding hydrogens is 206 g/mol. The fourth-order valence-electron chi connectivity index (χ4n) is 2.84. The van der Waals surface area contributed by atoms with Crippen LogP contribution in [0.25, 0.3) is 0 Å². The zero-order chi connectivity index (χ0) is 10.7. The third kappa shape index (κ3) is 2.69. The zero-order valence-electron chi connectivity index (χ0n) is 9.71. The van der Waals surface area contributed by atoms with Crippen LogP contribution in [-0.4, -0.2) is 30.3 Å². The monoisotopic (exact) mass is 229 g/mol. The molecule has 2 heterocycles. The predicted molar refractivity (Wildman–Crippen MR) is 66.2 cm³/mol. The minimum absolute atomic E-state index is 0.234. The first-order valence-electron chi connectivity index (χ1n) is 6.17. The van der Waals surface area contributed by atoms with Crippen LogP contribution in [-0.2, 0) is 4.74 Å². The second kappa shape index (κ2) is 5.07. The van der Waals surface area contributed by atoms with Crippen molar-refractivity contribution in [2.45, 2.75) is 38.2 Å². The molecule has 0 aliphatic carbocycles. The summed E-state index contributed by atoms with van der Waals surface area (Å²) >= 11 is 2.07. The molecule has 0 bridgehead atoms. The summed E-state index contributed by atoms with van der Waals surface area (Å²) in [5.74, 6) is 4.03. The number of rotatable bonds is 2. The Labute approximate surface area is 97.3 Å². The molecule has 2 aliphatic rings. The van der Waals surface area contributed by atoms with Crippen LogP contribution in [0.1, 0.15) is 32.6 Å². The maximum Gasteiger partial charge on any atom is 0.0701 e. The quantitative estimate of drug-likeness (QED) is 0.789. The largest absolute Gasteiger partial charge is 0.375 e. The lowest BCUT2D eigenvalue weighted by Gasteiger charge is -2.44. The van der Waals surface area contributed by atoms with E-state index in [1.54, 1.807) is 0 Å². The third-order valence-corrected chi connectivity index (χ3v) is 5.10. The Bertz CT molecular complexity index is 198. The molecule has 3 heteroatoms. The van der Waals surface area contributed by atoms with E-state index >= 15 is 0 Å². The van der Waals surface area contributed by atoms with Gasteiger partial charge in [0.2, 0.25) is 0 Å². The SMILES string of the molecule is CC(CN)C1CCOC2(CCSCC2)C1. The van der Waals surface area contributed by atoms with Gasteiger partial charge in [-0.2, -0.15) is 11.8 Å². The van der Waals surface area contributed by atoms with Crippen LogP contribution < -0.4 is 5.73 Å². The Balaban J connectivity index is 1.96. The van der Waals surface area contributed by atoms with E-state index in [4.69, 9.17) is 10.5 Å². The maximum absolute atomic E-state index is 6.08. The van der Waals surface area contributed by atoms with Crippen molar-refractivity contribution in [2.75, 3.05) is 24.7 Å². The van der Waals surface area contributed by atoms with Crippen molar-refractivity contribution >= 4 is 11.8 Å². The summed E-state index contributed by atoms with van der Waals surface area (Å²) < 4.78 is 6.08. The lowest BCUT2D eigenvalue weighted by atomic mass is 9.76. The molecule has 2 atom stereocenters. The Hall–Kier alpha value is 0.270. The molecule has 0 amide bonds. The molecule has 2 unspecified atom stereocenters. The summed E-state index contributed by atoms with van der Waals surface area (Å²) in [6.07, 6.45) is 4.98. The van der Waals surface area contributed by atoms with Gasteiger partial charge in [0, 0.05) is 6.61 Å². The number of hydrogen-bond acceptors (Lipinski definition) is 3. The molecule has 2 N–H and O–H groups in total. The average Bonchev–Trinajstić information content (AvgIpc) is 2.29. The van der Waals surface area contributed by atoms with Crippen molar-refractivity contribution in [1.29, 1.82) is 0 Å². The third-order valence-electron chi connectivity index (χ3n) is 4.11. The van der Waals surface area contributed by atoms with Crippen LogP contribution in [0.2, 0.25) is 0 Å². The van der Waals surface area contributed by atoms with Gasteiger partial charge >= 0.3 is 0 Å². The van der Waals surface area contributed by atoms with Gasteiger partial charge in [-0.15, -0.1) is 0 Å². The first kappa shape index (κ1) is 11.7. The second-order valence-corrected chi connectivity index (χ2v) is 6.33. The average molecular weight is 229 g/mol. The summed E-state index contributed by atoms with van der Waals surface area (Å²) in [4.78, 5) is 0. The molecule has 1 spiro atoms. The van der Waals surface area contributed by atoms with E-state index in [0.29, 0.717) is 5.92 Å². The van der Waals surface area contributed by atoms with Crippen LogP contribution >= 0.6 is 11.8 Å². The number of nitrogens with two attached hydrogens (primary N) is 1. The van der Waals surface area contributed by atoms with Crippen molar-refractivity contribution in [2.24, 2.45) is 17.6 Å². The molecule has 0 radical (unpaired) electrons. The van der Waals surface area contributed by atoms with E-state index in [-0.39, 0.29) is 5.60 Å². The van der Waals surface area contributed by atoms with E-state index in [2.05, 4.69) is 18.7 Å². The normalized spacial score (nSPS) is 32.8. The van der Waals surface area contributed by atoms with Gasteiger partial charge in [0.1, 0.15) is 0 Å². The molecule has 0 aromatic rings. The molecule has 2 saturated heterocycles. The van der Waals surface area contributed by atoms with Crippen LogP contribution in [0.4, 0.5) is 0 Å². The molecule has 2 aliphatic heterocycles. The summed E-state index contributed by atoms with van der Waals surface area (Å²) in [6.45, 7) is 4.08. The first-order valence-corrected chi connectivity index (χ1v) is 7.33. The van der Waals surface area contributed by atoms with E-state index in [1.165, 1.54) is 37.2 Å². The van der Waals surface area contributed by atoms with Crippen LogP contribution in [0.15, 0.2) is 0 Å².